The Bertz CT molecular complexity index is 1350. The third-order valence-corrected chi connectivity index (χ3v) is 7.05. The van der Waals surface area contributed by atoms with Crippen LogP contribution < -0.4 is 15.4 Å². The molecule has 3 rings (SSSR count). The summed E-state index contributed by atoms with van der Waals surface area (Å²) in [5, 5.41) is 6.74. The van der Waals surface area contributed by atoms with Gasteiger partial charge in [-0.1, -0.05) is 42.6 Å². The average Bonchev–Trinajstić information content (AvgIpc) is 3.21. The maximum absolute atomic E-state index is 13.0. The fourth-order valence-corrected chi connectivity index (χ4v) is 4.95. The van der Waals surface area contributed by atoms with Crippen molar-refractivity contribution in [2.24, 2.45) is 0 Å². The van der Waals surface area contributed by atoms with Gasteiger partial charge in [0.2, 0.25) is 0 Å². The molecule has 200 valence electrons. The van der Waals surface area contributed by atoms with Crippen molar-refractivity contribution in [1.82, 2.24) is 15.6 Å². The molecule has 0 aliphatic rings. The standard InChI is InChI=1S/C26H33ClN4O5S/c1-26(2,3)36-25(33)29-15-7-5-4-6-14-28-24(32)18-10-8-11-19(16-18)37(34,35)31-22-13-9-12-20-21(27)17-30-23(20)22/h8-13,16-17,30-31H,4-7,14-15H2,1-3H3,(H,28,32)(H,29,33). The zero-order valence-electron chi connectivity index (χ0n) is 21.2. The molecule has 0 saturated heterocycles. The third-order valence-electron chi connectivity index (χ3n) is 5.37. The zero-order valence-corrected chi connectivity index (χ0v) is 22.8. The van der Waals surface area contributed by atoms with Crippen LogP contribution in [0.2, 0.25) is 5.02 Å². The van der Waals surface area contributed by atoms with Crippen molar-refractivity contribution in [1.29, 1.82) is 0 Å². The summed E-state index contributed by atoms with van der Waals surface area (Å²) in [6.07, 6.45) is 4.51. The number of rotatable bonds is 11. The van der Waals surface area contributed by atoms with Crippen LogP contribution in [0.4, 0.5) is 10.5 Å². The maximum atomic E-state index is 13.0. The summed E-state index contributed by atoms with van der Waals surface area (Å²) in [6.45, 7) is 6.43. The van der Waals surface area contributed by atoms with E-state index in [-0.39, 0.29) is 16.4 Å². The van der Waals surface area contributed by atoms with Gasteiger partial charge in [-0.25, -0.2) is 13.2 Å². The number of hydrogen-bond donors (Lipinski definition) is 4. The number of carbonyl (C=O) groups is 2. The highest BCUT2D eigenvalue weighted by Gasteiger charge is 2.19. The van der Waals surface area contributed by atoms with Crippen molar-refractivity contribution < 1.29 is 22.7 Å². The number of carbonyl (C=O) groups excluding carboxylic acids is 2. The first-order chi connectivity index (χ1) is 17.5. The van der Waals surface area contributed by atoms with E-state index >= 15 is 0 Å². The average molecular weight is 549 g/mol. The number of aromatic amines is 1. The summed E-state index contributed by atoms with van der Waals surface area (Å²) in [6, 6.07) is 11.0. The molecule has 1 heterocycles. The van der Waals surface area contributed by atoms with E-state index in [0.29, 0.717) is 34.7 Å². The summed E-state index contributed by atoms with van der Waals surface area (Å²) in [5.41, 5.74) is 0.672. The molecule has 0 aliphatic heterocycles. The molecule has 11 heteroatoms. The van der Waals surface area contributed by atoms with Crippen LogP contribution in [0.5, 0.6) is 0 Å². The first kappa shape index (κ1) is 28.3. The largest absolute Gasteiger partial charge is 0.444 e. The molecule has 9 nitrogen and oxygen atoms in total. The third kappa shape index (κ3) is 8.40. The number of halogens is 1. The molecule has 1 aromatic heterocycles. The number of sulfonamides is 1. The number of alkyl carbamates (subject to hydrolysis) is 1. The van der Waals surface area contributed by atoms with Crippen molar-refractivity contribution in [2.75, 3.05) is 17.8 Å². The zero-order chi connectivity index (χ0) is 27.1. The molecule has 3 aromatic rings. The van der Waals surface area contributed by atoms with E-state index in [9.17, 15) is 18.0 Å². The smallest absolute Gasteiger partial charge is 0.407 e. The quantitative estimate of drug-likeness (QED) is 0.237. The monoisotopic (exact) mass is 548 g/mol. The number of para-hydroxylation sites is 1. The van der Waals surface area contributed by atoms with Crippen molar-refractivity contribution in [3.63, 3.8) is 0 Å². The molecule has 0 radical (unpaired) electrons. The highest BCUT2D eigenvalue weighted by Crippen LogP contribution is 2.30. The van der Waals surface area contributed by atoms with E-state index in [0.717, 1.165) is 25.7 Å². The number of fused-ring (bicyclic) bond motifs is 1. The van der Waals surface area contributed by atoms with Gasteiger partial charge in [0.1, 0.15) is 5.60 Å². The van der Waals surface area contributed by atoms with Gasteiger partial charge in [-0.05, 0) is 57.9 Å². The molecule has 0 fully saturated rings. The molecule has 4 N–H and O–H groups in total. The first-order valence-corrected chi connectivity index (χ1v) is 14.0. The van der Waals surface area contributed by atoms with Crippen molar-refractivity contribution in [3.05, 3.63) is 59.2 Å². The van der Waals surface area contributed by atoms with Crippen LogP contribution in [-0.4, -0.2) is 44.1 Å². The number of unbranched alkanes of at least 4 members (excludes halogenated alkanes) is 3. The molecule has 0 atom stereocenters. The highest BCUT2D eigenvalue weighted by molar-refractivity contribution is 7.92. The predicted molar refractivity (Wildman–Crippen MR) is 146 cm³/mol. The summed E-state index contributed by atoms with van der Waals surface area (Å²) >= 11 is 6.13. The Labute approximate surface area is 222 Å². The van der Waals surface area contributed by atoms with Crippen molar-refractivity contribution in [3.8, 4) is 0 Å². The van der Waals surface area contributed by atoms with E-state index in [1.165, 1.54) is 18.2 Å². The van der Waals surface area contributed by atoms with E-state index in [4.69, 9.17) is 16.3 Å². The second-order valence-electron chi connectivity index (χ2n) is 9.60. The summed E-state index contributed by atoms with van der Waals surface area (Å²) in [7, 11) is -3.94. The van der Waals surface area contributed by atoms with Crippen LogP contribution in [0.1, 0.15) is 56.8 Å². The molecule has 0 spiro atoms. The van der Waals surface area contributed by atoms with E-state index in [1.807, 2.05) is 20.8 Å². The highest BCUT2D eigenvalue weighted by atomic mass is 35.5. The number of amides is 2. The fraction of sp³-hybridized carbons (Fsp3) is 0.385. The second kappa shape index (κ2) is 12.3. The number of ether oxygens (including phenoxy) is 1. The summed E-state index contributed by atoms with van der Waals surface area (Å²) in [4.78, 5) is 27.1. The summed E-state index contributed by atoms with van der Waals surface area (Å²) in [5.74, 6) is -0.345. The second-order valence-corrected chi connectivity index (χ2v) is 11.7. The van der Waals surface area contributed by atoms with Gasteiger partial charge in [0.15, 0.2) is 0 Å². The molecule has 0 aliphatic carbocycles. The lowest BCUT2D eigenvalue weighted by atomic mass is 10.2. The minimum absolute atomic E-state index is 0.0210. The topological polar surface area (TPSA) is 129 Å². The van der Waals surface area contributed by atoms with E-state index in [1.54, 1.807) is 30.5 Å². The lowest BCUT2D eigenvalue weighted by Gasteiger charge is -2.19. The molecule has 0 saturated carbocycles. The number of nitrogens with one attached hydrogen (secondary N) is 4. The van der Waals surface area contributed by atoms with Crippen LogP contribution in [0.15, 0.2) is 53.6 Å². The van der Waals surface area contributed by atoms with Gasteiger partial charge in [0, 0.05) is 30.2 Å². The number of anilines is 1. The van der Waals surface area contributed by atoms with Crippen LogP contribution in [0.25, 0.3) is 10.9 Å². The van der Waals surface area contributed by atoms with Crippen molar-refractivity contribution >= 4 is 50.2 Å². The van der Waals surface area contributed by atoms with Gasteiger partial charge in [-0.3, -0.25) is 9.52 Å². The van der Waals surface area contributed by atoms with Gasteiger partial charge < -0.3 is 20.4 Å². The number of aromatic nitrogens is 1. The first-order valence-electron chi connectivity index (χ1n) is 12.1. The normalized spacial score (nSPS) is 11.8. The van der Waals surface area contributed by atoms with Gasteiger partial charge in [-0.2, -0.15) is 0 Å². The lowest BCUT2D eigenvalue weighted by molar-refractivity contribution is 0.0526. The molecule has 2 amide bonds. The van der Waals surface area contributed by atoms with Crippen molar-refractivity contribution in [2.45, 2.75) is 57.0 Å². The molecule has 0 unspecified atom stereocenters. The van der Waals surface area contributed by atoms with Crippen LogP contribution in [0, 0.1) is 0 Å². The maximum Gasteiger partial charge on any atom is 0.407 e. The van der Waals surface area contributed by atoms with E-state index < -0.39 is 21.7 Å². The Hall–Kier alpha value is -3.24. The Morgan fingerprint density at radius 2 is 1.65 bits per heavy atom. The predicted octanol–water partition coefficient (Wildman–Crippen LogP) is 5.44. The summed E-state index contributed by atoms with van der Waals surface area (Å²) < 4.78 is 33.7. The Morgan fingerprint density at radius 3 is 2.35 bits per heavy atom. The minimum Gasteiger partial charge on any atom is -0.444 e. The fourth-order valence-electron chi connectivity index (χ4n) is 3.63. The molecule has 0 bridgehead atoms. The van der Waals surface area contributed by atoms with E-state index in [2.05, 4.69) is 20.3 Å². The van der Waals surface area contributed by atoms with Crippen LogP contribution in [0.3, 0.4) is 0 Å². The number of hydrogen-bond acceptors (Lipinski definition) is 5. The molecular weight excluding hydrogens is 516 g/mol. The number of benzene rings is 2. The van der Waals surface area contributed by atoms with Crippen LogP contribution >= 0.6 is 11.6 Å². The molecular formula is C26H33ClN4O5S. The van der Waals surface area contributed by atoms with Gasteiger partial charge in [-0.15, -0.1) is 0 Å². The molecule has 37 heavy (non-hydrogen) atoms. The Morgan fingerprint density at radius 1 is 0.973 bits per heavy atom. The van der Waals surface area contributed by atoms with Gasteiger partial charge in [0.25, 0.3) is 15.9 Å². The molecule has 2 aromatic carbocycles. The SMILES string of the molecule is CC(C)(C)OC(=O)NCCCCCCNC(=O)c1cccc(S(=O)(=O)Nc2cccc3c(Cl)c[nH]c23)c1. The lowest BCUT2D eigenvalue weighted by Crippen LogP contribution is -2.33. The van der Waals surface area contributed by atoms with Gasteiger partial charge >= 0.3 is 6.09 Å². The van der Waals surface area contributed by atoms with Crippen LogP contribution in [-0.2, 0) is 14.8 Å². The Kier molecular flexibility index (Phi) is 9.45. The number of H-pyrrole nitrogens is 1. The minimum atomic E-state index is -3.94. The Balaban J connectivity index is 1.45. The van der Waals surface area contributed by atoms with Gasteiger partial charge in [0.05, 0.1) is 21.1 Å².